The van der Waals surface area contributed by atoms with Crippen LogP contribution in [0.4, 0.5) is 5.69 Å². The first-order valence-corrected chi connectivity index (χ1v) is 4.85. The van der Waals surface area contributed by atoms with Crippen LogP contribution < -0.4 is 10.1 Å². The van der Waals surface area contributed by atoms with E-state index in [4.69, 9.17) is 4.74 Å². The SMILES string of the molecule is CCOc1ccc2c(c1)CCC(=O)N2. The summed E-state index contributed by atoms with van der Waals surface area (Å²) in [4.78, 5) is 11.1. The van der Waals surface area contributed by atoms with Crippen molar-refractivity contribution in [1.82, 2.24) is 0 Å². The minimum absolute atomic E-state index is 0.0988. The Bertz CT molecular complexity index is 360. The van der Waals surface area contributed by atoms with Crippen molar-refractivity contribution in [3.8, 4) is 5.75 Å². The number of hydrogen-bond donors (Lipinski definition) is 1. The fourth-order valence-corrected chi connectivity index (χ4v) is 1.62. The maximum Gasteiger partial charge on any atom is 0.224 e. The molecule has 0 saturated heterocycles. The van der Waals surface area contributed by atoms with Gasteiger partial charge in [-0.3, -0.25) is 4.79 Å². The average Bonchev–Trinajstić information content (AvgIpc) is 2.19. The molecule has 0 fully saturated rings. The van der Waals surface area contributed by atoms with E-state index in [1.54, 1.807) is 0 Å². The molecule has 0 aliphatic carbocycles. The highest BCUT2D eigenvalue weighted by Crippen LogP contribution is 2.26. The van der Waals surface area contributed by atoms with E-state index in [0.29, 0.717) is 13.0 Å². The molecule has 74 valence electrons. The quantitative estimate of drug-likeness (QED) is 0.776. The Labute approximate surface area is 83.1 Å². The maximum absolute atomic E-state index is 11.1. The molecule has 1 heterocycles. The topological polar surface area (TPSA) is 38.3 Å². The van der Waals surface area contributed by atoms with Crippen molar-refractivity contribution in [2.75, 3.05) is 11.9 Å². The molecule has 14 heavy (non-hydrogen) atoms. The zero-order chi connectivity index (χ0) is 9.97. The number of rotatable bonds is 2. The first-order valence-electron chi connectivity index (χ1n) is 4.85. The molecule has 1 aromatic carbocycles. The van der Waals surface area contributed by atoms with E-state index in [9.17, 15) is 4.79 Å². The third-order valence-electron chi connectivity index (χ3n) is 2.28. The minimum atomic E-state index is 0.0988. The summed E-state index contributed by atoms with van der Waals surface area (Å²) in [6, 6.07) is 5.78. The van der Waals surface area contributed by atoms with Crippen molar-refractivity contribution in [1.29, 1.82) is 0 Å². The van der Waals surface area contributed by atoms with E-state index in [2.05, 4.69) is 5.32 Å². The van der Waals surface area contributed by atoms with Crippen molar-refractivity contribution in [3.63, 3.8) is 0 Å². The second-order valence-corrected chi connectivity index (χ2v) is 3.30. The van der Waals surface area contributed by atoms with Gasteiger partial charge in [-0.2, -0.15) is 0 Å². The van der Waals surface area contributed by atoms with Crippen LogP contribution in [0.2, 0.25) is 0 Å². The maximum atomic E-state index is 11.1. The van der Waals surface area contributed by atoms with E-state index < -0.39 is 0 Å². The van der Waals surface area contributed by atoms with Gasteiger partial charge in [0.15, 0.2) is 0 Å². The van der Waals surface area contributed by atoms with Gasteiger partial charge in [0.25, 0.3) is 0 Å². The Morgan fingerprint density at radius 1 is 1.43 bits per heavy atom. The number of carbonyl (C=O) groups excluding carboxylic acids is 1. The second kappa shape index (κ2) is 3.70. The van der Waals surface area contributed by atoms with Crippen molar-refractivity contribution in [2.45, 2.75) is 19.8 Å². The number of carbonyl (C=O) groups is 1. The average molecular weight is 191 g/mol. The summed E-state index contributed by atoms with van der Waals surface area (Å²) < 4.78 is 5.39. The lowest BCUT2D eigenvalue weighted by atomic mass is 10.0. The van der Waals surface area contributed by atoms with Crippen LogP contribution in [-0.4, -0.2) is 12.5 Å². The summed E-state index contributed by atoms with van der Waals surface area (Å²) in [5.74, 6) is 0.976. The molecule has 0 bridgehead atoms. The van der Waals surface area contributed by atoms with Gasteiger partial charge >= 0.3 is 0 Å². The Morgan fingerprint density at radius 2 is 2.29 bits per heavy atom. The van der Waals surface area contributed by atoms with Crippen LogP contribution in [0.3, 0.4) is 0 Å². The van der Waals surface area contributed by atoms with Gasteiger partial charge in [0.2, 0.25) is 5.91 Å². The molecule has 0 aromatic heterocycles. The largest absolute Gasteiger partial charge is 0.494 e. The summed E-state index contributed by atoms with van der Waals surface area (Å²) in [5.41, 5.74) is 2.08. The van der Waals surface area contributed by atoms with Crippen LogP contribution in [0.25, 0.3) is 0 Å². The lowest BCUT2D eigenvalue weighted by Gasteiger charge is -2.17. The van der Waals surface area contributed by atoms with Gasteiger partial charge < -0.3 is 10.1 Å². The Hall–Kier alpha value is -1.51. The number of ether oxygens (including phenoxy) is 1. The van der Waals surface area contributed by atoms with Crippen molar-refractivity contribution >= 4 is 11.6 Å². The summed E-state index contributed by atoms with van der Waals surface area (Å²) in [7, 11) is 0. The summed E-state index contributed by atoms with van der Waals surface area (Å²) in [6.45, 7) is 2.63. The standard InChI is InChI=1S/C11H13NO2/c1-2-14-9-4-5-10-8(7-9)3-6-11(13)12-10/h4-5,7H,2-3,6H2,1H3,(H,12,13). The first-order chi connectivity index (χ1) is 6.79. The van der Waals surface area contributed by atoms with Crippen molar-refractivity contribution in [2.24, 2.45) is 0 Å². The molecule has 0 spiro atoms. The van der Waals surface area contributed by atoms with Gasteiger partial charge in [-0.05, 0) is 37.1 Å². The van der Waals surface area contributed by atoms with Gasteiger partial charge in [-0.1, -0.05) is 0 Å². The molecule has 1 aliphatic heterocycles. The highest BCUT2D eigenvalue weighted by molar-refractivity contribution is 5.93. The van der Waals surface area contributed by atoms with E-state index >= 15 is 0 Å². The van der Waals surface area contributed by atoms with Crippen molar-refractivity contribution < 1.29 is 9.53 Å². The molecule has 2 rings (SSSR count). The molecule has 1 aliphatic rings. The molecular formula is C11H13NO2. The molecule has 0 atom stereocenters. The highest BCUT2D eigenvalue weighted by Gasteiger charge is 2.14. The molecule has 1 aromatic rings. The van der Waals surface area contributed by atoms with E-state index in [0.717, 1.165) is 23.4 Å². The number of nitrogens with one attached hydrogen (secondary N) is 1. The van der Waals surface area contributed by atoms with Crippen LogP contribution in [-0.2, 0) is 11.2 Å². The Morgan fingerprint density at radius 3 is 3.07 bits per heavy atom. The van der Waals surface area contributed by atoms with Crippen LogP contribution >= 0.6 is 0 Å². The lowest BCUT2D eigenvalue weighted by Crippen LogP contribution is -2.18. The normalized spacial score (nSPS) is 14.5. The smallest absolute Gasteiger partial charge is 0.224 e. The summed E-state index contributed by atoms with van der Waals surface area (Å²) in [6.07, 6.45) is 1.38. The predicted octanol–water partition coefficient (Wildman–Crippen LogP) is 1.97. The van der Waals surface area contributed by atoms with Crippen molar-refractivity contribution in [3.05, 3.63) is 23.8 Å². The fourth-order valence-electron chi connectivity index (χ4n) is 1.62. The summed E-state index contributed by atoms with van der Waals surface area (Å²) >= 11 is 0. The molecular weight excluding hydrogens is 178 g/mol. The molecule has 0 radical (unpaired) electrons. The first kappa shape index (κ1) is 9.06. The molecule has 1 amide bonds. The minimum Gasteiger partial charge on any atom is -0.494 e. The number of benzene rings is 1. The number of fused-ring (bicyclic) bond motifs is 1. The zero-order valence-corrected chi connectivity index (χ0v) is 8.17. The molecule has 0 saturated carbocycles. The van der Waals surface area contributed by atoms with Gasteiger partial charge in [-0.15, -0.1) is 0 Å². The number of amides is 1. The second-order valence-electron chi connectivity index (χ2n) is 3.30. The van der Waals surface area contributed by atoms with Crippen LogP contribution in [0, 0.1) is 0 Å². The highest BCUT2D eigenvalue weighted by atomic mass is 16.5. The molecule has 3 nitrogen and oxygen atoms in total. The van der Waals surface area contributed by atoms with Gasteiger partial charge in [0.05, 0.1) is 6.61 Å². The Balaban J connectivity index is 2.26. The predicted molar refractivity (Wildman–Crippen MR) is 54.6 cm³/mol. The third-order valence-corrected chi connectivity index (χ3v) is 2.28. The zero-order valence-electron chi connectivity index (χ0n) is 8.17. The lowest BCUT2D eigenvalue weighted by molar-refractivity contribution is -0.116. The van der Waals surface area contributed by atoms with E-state index in [1.807, 2.05) is 25.1 Å². The van der Waals surface area contributed by atoms with E-state index in [1.165, 1.54) is 0 Å². The third kappa shape index (κ3) is 1.71. The number of aryl methyl sites for hydroxylation is 1. The number of anilines is 1. The van der Waals surface area contributed by atoms with Crippen LogP contribution in [0.1, 0.15) is 18.9 Å². The summed E-state index contributed by atoms with van der Waals surface area (Å²) in [5, 5.41) is 2.83. The van der Waals surface area contributed by atoms with Crippen LogP contribution in [0.5, 0.6) is 5.75 Å². The van der Waals surface area contributed by atoms with Crippen LogP contribution in [0.15, 0.2) is 18.2 Å². The van der Waals surface area contributed by atoms with Gasteiger partial charge in [-0.25, -0.2) is 0 Å². The van der Waals surface area contributed by atoms with Gasteiger partial charge in [0.1, 0.15) is 5.75 Å². The monoisotopic (exact) mass is 191 g/mol. The van der Waals surface area contributed by atoms with Gasteiger partial charge in [0, 0.05) is 12.1 Å². The molecule has 1 N–H and O–H groups in total. The molecule has 3 heteroatoms. The van der Waals surface area contributed by atoms with E-state index in [-0.39, 0.29) is 5.91 Å². The number of hydrogen-bond acceptors (Lipinski definition) is 2. The Kier molecular flexibility index (Phi) is 2.39. The fraction of sp³-hybridized carbons (Fsp3) is 0.364. The molecule has 0 unspecified atom stereocenters.